The minimum absolute atomic E-state index is 0.485. The molecule has 0 bridgehead atoms. The molecule has 0 unspecified atom stereocenters. The Labute approximate surface area is 126 Å². The van der Waals surface area contributed by atoms with Crippen molar-refractivity contribution in [3.8, 4) is 10.9 Å². The summed E-state index contributed by atoms with van der Waals surface area (Å²) >= 11 is 7.50. The summed E-state index contributed by atoms with van der Waals surface area (Å²) in [7, 11) is 1.67. The molecule has 0 spiro atoms. The van der Waals surface area contributed by atoms with Gasteiger partial charge in [-0.2, -0.15) is 0 Å². The summed E-state index contributed by atoms with van der Waals surface area (Å²) in [5.74, 6) is 0.590. The van der Waals surface area contributed by atoms with Crippen molar-refractivity contribution >= 4 is 22.9 Å². The summed E-state index contributed by atoms with van der Waals surface area (Å²) < 4.78 is 10.6. The Morgan fingerprint density at radius 2 is 2.20 bits per heavy atom. The third-order valence-electron chi connectivity index (χ3n) is 2.49. The summed E-state index contributed by atoms with van der Waals surface area (Å²) in [5.41, 5.74) is 1.09. The molecule has 0 aliphatic carbocycles. The summed E-state index contributed by atoms with van der Waals surface area (Å²) in [6, 6.07) is 5.62. The number of nitrogens with one attached hydrogen (secondary N) is 1. The molecule has 1 heterocycles. The molecule has 1 N–H and O–H groups in total. The van der Waals surface area contributed by atoms with Crippen LogP contribution in [0.15, 0.2) is 18.2 Å². The number of hydrogen-bond donors (Lipinski definition) is 1. The fourth-order valence-electron chi connectivity index (χ4n) is 1.50. The van der Waals surface area contributed by atoms with Crippen molar-refractivity contribution in [2.75, 3.05) is 20.3 Å². The lowest BCUT2D eigenvalue weighted by atomic mass is 10.2. The highest BCUT2D eigenvalue weighted by Crippen LogP contribution is 2.31. The number of benzene rings is 1. The predicted octanol–water partition coefficient (Wildman–Crippen LogP) is 3.03. The predicted molar refractivity (Wildman–Crippen MR) is 79.8 cm³/mol. The first-order valence-electron chi connectivity index (χ1n) is 6.15. The number of rotatable bonds is 7. The molecule has 0 radical (unpaired) electrons. The van der Waals surface area contributed by atoms with Gasteiger partial charge < -0.3 is 14.8 Å². The van der Waals surface area contributed by atoms with Gasteiger partial charge in [0.1, 0.15) is 10.8 Å². The maximum absolute atomic E-state index is 6.11. The maximum atomic E-state index is 6.11. The highest BCUT2D eigenvalue weighted by Gasteiger charge is 2.08. The van der Waals surface area contributed by atoms with Crippen molar-refractivity contribution in [3.05, 3.63) is 33.8 Å². The highest BCUT2D eigenvalue weighted by atomic mass is 35.5. The van der Waals surface area contributed by atoms with E-state index in [1.165, 1.54) is 11.3 Å². The molecule has 20 heavy (non-hydrogen) atoms. The molecule has 1 aromatic carbocycles. The van der Waals surface area contributed by atoms with Gasteiger partial charge in [-0.15, -0.1) is 5.10 Å². The van der Waals surface area contributed by atoms with E-state index >= 15 is 0 Å². The molecule has 0 amide bonds. The molecule has 108 valence electrons. The fourth-order valence-corrected chi connectivity index (χ4v) is 2.45. The summed E-state index contributed by atoms with van der Waals surface area (Å²) in [6.07, 6.45) is 0. The van der Waals surface area contributed by atoms with Crippen LogP contribution in [0.1, 0.15) is 10.6 Å². The van der Waals surface area contributed by atoms with Gasteiger partial charge in [0, 0.05) is 20.2 Å². The molecule has 7 heteroatoms. The summed E-state index contributed by atoms with van der Waals surface area (Å²) in [6.45, 7) is 4.06. The molecular formula is C13H16ClN3O2S. The molecule has 0 fully saturated rings. The highest BCUT2D eigenvalue weighted by molar-refractivity contribution is 7.13. The van der Waals surface area contributed by atoms with E-state index in [2.05, 4.69) is 15.5 Å². The molecule has 0 saturated heterocycles. The molecule has 2 rings (SSSR count). The van der Waals surface area contributed by atoms with Gasteiger partial charge in [-0.25, -0.2) is 0 Å². The van der Waals surface area contributed by atoms with E-state index in [9.17, 15) is 0 Å². The average molecular weight is 314 g/mol. The number of methoxy groups -OCH3 is 1. The Morgan fingerprint density at radius 3 is 2.95 bits per heavy atom. The van der Waals surface area contributed by atoms with Crippen LogP contribution in [-0.2, 0) is 11.3 Å². The lowest BCUT2D eigenvalue weighted by Gasteiger charge is -2.04. The lowest BCUT2D eigenvalue weighted by Crippen LogP contribution is -2.18. The van der Waals surface area contributed by atoms with Gasteiger partial charge in [-0.05, 0) is 24.6 Å². The van der Waals surface area contributed by atoms with Crippen molar-refractivity contribution in [2.24, 2.45) is 0 Å². The van der Waals surface area contributed by atoms with Crippen molar-refractivity contribution in [1.29, 1.82) is 0 Å². The van der Waals surface area contributed by atoms with Crippen molar-refractivity contribution < 1.29 is 9.47 Å². The van der Waals surface area contributed by atoms with Crippen LogP contribution in [-0.4, -0.2) is 30.5 Å². The van der Waals surface area contributed by atoms with E-state index in [-0.39, 0.29) is 0 Å². The third-order valence-corrected chi connectivity index (χ3v) is 3.59. The first-order valence-corrected chi connectivity index (χ1v) is 7.34. The van der Waals surface area contributed by atoms with E-state index in [4.69, 9.17) is 21.1 Å². The standard InChI is InChI=1S/C13H16ClN3O2S/c1-9-3-4-11(10(14)7-9)19-13-17-16-12(20-13)8-15-5-6-18-2/h3-4,7,15H,5-6,8H2,1-2H3. The molecule has 0 atom stereocenters. The van der Waals surface area contributed by atoms with Crippen LogP contribution in [0, 0.1) is 6.92 Å². The topological polar surface area (TPSA) is 56.3 Å². The van der Waals surface area contributed by atoms with Gasteiger partial charge in [-0.3, -0.25) is 0 Å². The van der Waals surface area contributed by atoms with Crippen LogP contribution < -0.4 is 10.1 Å². The average Bonchev–Trinajstić information content (AvgIpc) is 2.86. The van der Waals surface area contributed by atoms with Crippen LogP contribution in [0.3, 0.4) is 0 Å². The van der Waals surface area contributed by atoms with E-state index in [1.54, 1.807) is 7.11 Å². The smallest absolute Gasteiger partial charge is 0.299 e. The number of nitrogens with zero attached hydrogens (tertiary/aromatic N) is 2. The van der Waals surface area contributed by atoms with Gasteiger partial charge in [0.05, 0.1) is 11.6 Å². The molecule has 0 aliphatic rings. The van der Waals surface area contributed by atoms with Gasteiger partial charge in [-0.1, -0.05) is 34.1 Å². The Hall–Kier alpha value is -1.21. The largest absolute Gasteiger partial charge is 0.428 e. The normalized spacial score (nSPS) is 10.8. The first-order chi connectivity index (χ1) is 9.69. The molecule has 2 aromatic rings. The quantitative estimate of drug-likeness (QED) is 0.796. The minimum atomic E-state index is 0.485. The molecule has 0 saturated carbocycles. The van der Waals surface area contributed by atoms with Gasteiger partial charge in [0.25, 0.3) is 5.19 Å². The molecular weight excluding hydrogens is 298 g/mol. The second kappa shape index (κ2) is 7.54. The summed E-state index contributed by atoms with van der Waals surface area (Å²) in [5, 5.41) is 13.2. The van der Waals surface area contributed by atoms with Crippen LogP contribution >= 0.6 is 22.9 Å². The second-order valence-corrected chi connectivity index (χ2v) is 5.60. The van der Waals surface area contributed by atoms with Gasteiger partial charge in [0.15, 0.2) is 0 Å². The van der Waals surface area contributed by atoms with Gasteiger partial charge in [0.2, 0.25) is 0 Å². The lowest BCUT2D eigenvalue weighted by molar-refractivity contribution is 0.199. The number of aryl methyl sites for hydroxylation is 1. The van der Waals surface area contributed by atoms with E-state index in [0.717, 1.165) is 17.1 Å². The zero-order valence-corrected chi connectivity index (χ0v) is 12.9. The third kappa shape index (κ3) is 4.42. The van der Waals surface area contributed by atoms with E-state index < -0.39 is 0 Å². The minimum Gasteiger partial charge on any atom is -0.428 e. The van der Waals surface area contributed by atoms with Crippen LogP contribution in [0.4, 0.5) is 0 Å². The first kappa shape index (κ1) is 15.2. The molecule has 1 aromatic heterocycles. The number of hydrogen-bond acceptors (Lipinski definition) is 6. The van der Waals surface area contributed by atoms with Crippen LogP contribution in [0.25, 0.3) is 0 Å². The van der Waals surface area contributed by atoms with Crippen molar-refractivity contribution in [1.82, 2.24) is 15.5 Å². The number of halogens is 1. The van der Waals surface area contributed by atoms with Crippen LogP contribution in [0.5, 0.6) is 10.9 Å². The van der Waals surface area contributed by atoms with Crippen molar-refractivity contribution in [3.63, 3.8) is 0 Å². The number of aromatic nitrogens is 2. The summed E-state index contributed by atoms with van der Waals surface area (Å²) in [4.78, 5) is 0. The zero-order valence-electron chi connectivity index (χ0n) is 11.4. The Morgan fingerprint density at radius 1 is 1.35 bits per heavy atom. The molecule has 5 nitrogen and oxygen atoms in total. The molecule has 0 aliphatic heterocycles. The fraction of sp³-hybridized carbons (Fsp3) is 0.385. The second-order valence-electron chi connectivity index (χ2n) is 4.17. The van der Waals surface area contributed by atoms with Gasteiger partial charge >= 0.3 is 0 Å². The Balaban J connectivity index is 1.92. The van der Waals surface area contributed by atoms with Crippen molar-refractivity contribution in [2.45, 2.75) is 13.5 Å². The number of ether oxygens (including phenoxy) is 2. The monoisotopic (exact) mass is 313 g/mol. The van der Waals surface area contributed by atoms with E-state index in [1.807, 2.05) is 25.1 Å². The van der Waals surface area contributed by atoms with Crippen LogP contribution in [0.2, 0.25) is 5.02 Å². The SMILES string of the molecule is COCCNCc1nnc(Oc2ccc(C)cc2Cl)s1. The maximum Gasteiger partial charge on any atom is 0.299 e. The Kier molecular flexibility index (Phi) is 5.72. The Bertz CT molecular complexity index is 562. The van der Waals surface area contributed by atoms with E-state index in [0.29, 0.717) is 29.1 Å². The zero-order chi connectivity index (χ0) is 14.4.